The van der Waals surface area contributed by atoms with Crippen molar-refractivity contribution in [2.75, 3.05) is 6.54 Å². The van der Waals surface area contributed by atoms with Gasteiger partial charge in [-0.2, -0.15) is 0 Å². The third kappa shape index (κ3) is 7.07. The molecule has 0 heterocycles. The van der Waals surface area contributed by atoms with Crippen molar-refractivity contribution in [3.63, 3.8) is 0 Å². The minimum absolute atomic E-state index is 0.127. The minimum Gasteiger partial charge on any atom is -0.392 e. The number of nitrogens with one attached hydrogen (secondary N) is 1. The second kappa shape index (κ2) is 11.8. The molecule has 3 N–H and O–H groups in total. The molecule has 0 aliphatic heterocycles. The molecule has 2 rings (SSSR count). The Balaban J connectivity index is 1.81. The van der Waals surface area contributed by atoms with Crippen LogP contribution in [0.15, 0.2) is 23.8 Å². The van der Waals surface area contributed by atoms with Crippen LogP contribution in [-0.2, 0) is 0 Å². The average Bonchev–Trinajstić information content (AvgIpc) is 3.16. The molecule has 6 atom stereocenters. The first-order valence-corrected chi connectivity index (χ1v) is 11.3. The van der Waals surface area contributed by atoms with Crippen molar-refractivity contribution in [3.05, 3.63) is 23.8 Å². The molecule has 2 aliphatic rings. The van der Waals surface area contributed by atoms with E-state index in [1.54, 1.807) is 5.57 Å². The molecule has 0 aromatic heterocycles. The van der Waals surface area contributed by atoms with E-state index < -0.39 is 6.10 Å². The van der Waals surface area contributed by atoms with Gasteiger partial charge in [0.05, 0.1) is 12.2 Å². The second-order valence-corrected chi connectivity index (χ2v) is 9.16. The average molecular weight is 388 g/mol. The van der Waals surface area contributed by atoms with Gasteiger partial charge in [-0.05, 0) is 69.7 Å². The molecule has 0 bridgehead atoms. The Hall–Kier alpha value is -1.08. The topological polar surface area (TPSA) is 52.5 Å². The third-order valence-electron chi connectivity index (χ3n) is 6.44. The van der Waals surface area contributed by atoms with Gasteiger partial charge in [-0.3, -0.25) is 0 Å². The highest BCUT2D eigenvalue weighted by atomic mass is 16.3. The highest BCUT2D eigenvalue weighted by Crippen LogP contribution is 2.50. The lowest BCUT2D eigenvalue weighted by Gasteiger charge is -2.19. The summed E-state index contributed by atoms with van der Waals surface area (Å²) in [6.45, 7) is 9.35. The van der Waals surface area contributed by atoms with E-state index >= 15 is 0 Å². The van der Waals surface area contributed by atoms with Crippen molar-refractivity contribution in [1.82, 2.24) is 5.32 Å². The van der Waals surface area contributed by atoms with Crippen LogP contribution in [0.3, 0.4) is 0 Å². The highest BCUT2D eigenvalue weighted by Gasteiger charge is 2.44. The van der Waals surface area contributed by atoms with Gasteiger partial charge in [0.15, 0.2) is 0 Å². The Kier molecular flexibility index (Phi) is 9.79. The van der Waals surface area contributed by atoms with Gasteiger partial charge in [0.25, 0.3) is 0 Å². The number of aliphatic hydroxyl groups is 2. The Labute approximate surface area is 172 Å². The van der Waals surface area contributed by atoms with Gasteiger partial charge in [-0.25, -0.2) is 0 Å². The maximum absolute atomic E-state index is 10.5. The molecule has 0 saturated heterocycles. The summed E-state index contributed by atoms with van der Waals surface area (Å²) in [5.74, 6) is 7.39. The van der Waals surface area contributed by atoms with Crippen molar-refractivity contribution >= 4 is 0 Å². The van der Waals surface area contributed by atoms with Crippen molar-refractivity contribution in [2.24, 2.45) is 23.7 Å². The molecule has 0 unspecified atom stereocenters. The molecule has 2 aliphatic carbocycles. The fraction of sp³-hybridized carbons (Fsp3) is 0.760. The number of hydrogen-bond acceptors (Lipinski definition) is 3. The summed E-state index contributed by atoms with van der Waals surface area (Å²) >= 11 is 0. The monoisotopic (exact) mass is 387 g/mol. The van der Waals surface area contributed by atoms with Crippen LogP contribution in [-0.4, -0.2) is 35.0 Å². The standard InChI is InChI=1S/C25H41NO2/c1-5-6-10-19(4)24(27)13-12-22-23-16-20(15-21(23)17-25(22)28)11-8-7-9-14-26-18(2)3/h11-13,18-19,21-28H,7-10,14-17H2,1-4H3/t19-,21+,22-,23+,24-,25-/m1/s1. The van der Waals surface area contributed by atoms with Crippen LogP contribution in [0.25, 0.3) is 0 Å². The number of allylic oxidation sites excluding steroid dienone is 2. The molecule has 0 radical (unpaired) electrons. The molecule has 2 fully saturated rings. The van der Waals surface area contributed by atoms with Gasteiger partial charge >= 0.3 is 0 Å². The van der Waals surface area contributed by atoms with Crippen LogP contribution < -0.4 is 5.32 Å². The summed E-state index contributed by atoms with van der Waals surface area (Å²) in [6.07, 6.45) is 13.3. The molecular formula is C25H41NO2. The zero-order valence-electron chi connectivity index (χ0n) is 18.3. The summed E-state index contributed by atoms with van der Waals surface area (Å²) in [5.41, 5.74) is 1.59. The molecule has 158 valence electrons. The zero-order valence-corrected chi connectivity index (χ0v) is 18.3. The van der Waals surface area contributed by atoms with Gasteiger partial charge < -0.3 is 15.5 Å². The van der Waals surface area contributed by atoms with Crippen LogP contribution in [0.2, 0.25) is 0 Å². The molecule has 3 heteroatoms. The summed E-state index contributed by atoms with van der Waals surface area (Å²) in [5, 5.41) is 24.3. The van der Waals surface area contributed by atoms with E-state index in [0.717, 1.165) is 25.8 Å². The summed E-state index contributed by atoms with van der Waals surface area (Å²) in [7, 11) is 0. The number of rotatable bonds is 10. The smallest absolute Gasteiger partial charge is 0.0755 e. The predicted octanol–water partition coefficient (Wildman–Crippen LogP) is 4.45. The Morgan fingerprint density at radius 2 is 2.00 bits per heavy atom. The van der Waals surface area contributed by atoms with Crippen LogP contribution in [0.4, 0.5) is 0 Å². The number of fused-ring (bicyclic) bond motifs is 1. The minimum atomic E-state index is -0.483. The highest BCUT2D eigenvalue weighted by molar-refractivity contribution is 5.18. The number of hydrogen-bond donors (Lipinski definition) is 3. The fourth-order valence-corrected chi connectivity index (χ4v) is 4.72. The summed E-state index contributed by atoms with van der Waals surface area (Å²) in [4.78, 5) is 0. The van der Waals surface area contributed by atoms with E-state index in [2.05, 4.69) is 43.2 Å². The molecule has 3 nitrogen and oxygen atoms in total. The maximum Gasteiger partial charge on any atom is 0.0755 e. The molecule has 0 spiro atoms. The first kappa shape index (κ1) is 23.2. The lowest BCUT2D eigenvalue weighted by atomic mass is 9.89. The van der Waals surface area contributed by atoms with Crippen molar-refractivity contribution < 1.29 is 10.2 Å². The summed E-state index contributed by atoms with van der Waals surface area (Å²) in [6, 6.07) is 0.574. The zero-order chi connectivity index (χ0) is 20.5. The summed E-state index contributed by atoms with van der Waals surface area (Å²) < 4.78 is 0. The Bertz CT molecular complexity index is 583. The Morgan fingerprint density at radius 1 is 1.21 bits per heavy atom. The predicted molar refractivity (Wildman–Crippen MR) is 118 cm³/mol. The molecule has 0 aromatic carbocycles. The van der Waals surface area contributed by atoms with Crippen molar-refractivity contribution in [3.8, 4) is 11.8 Å². The SMILES string of the molecule is CC#CC[C@@H](C)[C@H](O)C=C[C@@H]1[C@H]2CC(=CCCCCNC(C)C)C[C@H]2C[C@H]1O. The van der Waals surface area contributed by atoms with Crippen LogP contribution in [0.1, 0.15) is 72.6 Å². The van der Waals surface area contributed by atoms with Gasteiger partial charge in [-0.15, -0.1) is 11.8 Å². The third-order valence-corrected chi connectivity index (χ3v) is 6.44. The first-order valence-electron chi connectivity index (χ1n) is 11.3. The largest absolute Gasteiger partial charge is 0.392 e. The normalized spacial score (nSPS) is 30.6. The number of unbranched alkanes of at least 4 members (excludes halogenated alkanes) is 2. The molecule has 2 saturated carbocycles. The first-order chi connectivity index (χ1) is 13.4. The molecular weight excluding hydrogens is 346 g/mol. The Morgan fingerprint density at radius 3 is 2.71 bits per heavy atom. The quantitative estimate of drug-likeness (QED) is 0.295. The van der Waals surface area contributed by atoms with Crippen molar-refractivity contribution in [1.29, 1.82) is 0 Å². The van der Waals surface area contributed by atoms with Gasteiger partial charge in [0.2, 0.25) is 0 Å². The lowest BCUT2D eigenvalue weighted by Crippen LogP contribution is -2.23. The second-order valence-electron chi connectivity index (χ2n) is 9.16. The van der Waals surface area contributed by atoms with E-state index in [1.165, 1.54) is 19.3 Å². The molecule has 0 aromatic rings. The van der Waals surface area contributed by atoms with Gasteiger partial charge in [0.1, 0.15) is 0 Å². The van der Waals surface area contributed by atoms with Crippen LogP contribution in [0.5, 0.6) is 0 Å². The fourth-order valence-electron chi connectivity index (χ4n) is 4.72. The van der Waals surface area contributed by atoms with Crippen molar-refractivity contribution in [2.45, 2.75) is 90.9 Å². The van der Waals surface area contributed by atoms with E-state index in [-0.39, 0.29) is 17.9 Å². The molecule has 28 heavy (non-hydrogen) atoms. The maximum atomic E-state index is 10.5. The van der Waals surface area contributed by atoms with E-state index in [4.69, 9.17) is 0 Å². The van der Waals surface area contributed by atoms with Gasteiger partial charge in [0, 0.05) is 18.4 Å². The van der Waals surface area contributed by atoms with Crippen LogP contribution in [0, 0.1) is 35.5 Å². The molecule has 0 amide bonds. The number of aliphatic hydroxyl groups excluding tert-OH is 2. The van der Waals surface area contributed by atoms with Crippen LogP contribution >= 0.6 is 0 Å². The van der Waals surface area contributed by atoms with Gasteiger partial charge in [-0.1, -0.05) is 44.6 Å². The lowest BCUT2D eigenvalue weighted by molar-refractivity contribution is 0.137. The van der Waals surface area contributed by atoms with E-state index in [9.17, 15) is 10.2 Å². The van der Waals surface area contributed by atoms with E-state index in [1.807, 2.05) is 19.9 Å². The van der Waals surface area contributed by atoms with E-state index in [0.29, 0.717) is 24.3 Å².